The zero-order valence-electron chi connectivity index (χ0n) is 19.4. The van der Waals surface area contributed by atoms with Crippen molar-refractivity contribution in [3.8, 4) is 0 Å². The molecule has 3 aromatic rings. The average Bonchev–Trinajstić information content (AvgIpc) is 3.24. The number of nitrogens with zero attached hydrogens (tertiary/aromatic N) is 2. The second-order valence-corrected chi connectivity index (χ2v) is 8.64. The minimum absolute atomic E-state index is 0.153. The van der Waals surface area contributed by atoms with Crippen molar-refractivity contribution in [2.45, 2.75) is 20.0 Å². The molecule has 0 saturated carbocycles. The van der Waals surface area contributed by atoms with Gasteiger partial charge in [0.1, 0.15) is 23.9 Å². The first-order valence-electron chi connectivity index (χ1n) is 10.8. The topological polar surface area (TPSA) is 75.0 Å². The quantitative estimate of drug-likeness (QED) is 0.369. The van der Waals surface area contributed by atoms with Crippen molar-refractivity contribution >= 4 is 40.8 Å². The maximum absolute atomic E-state index is 13.4. The summed E-state index contributed by atoms with van der Waals surface area (Å²) in [6, 6.07) is 13.8. The lowest BCUT2D eigenvalue weighted by atomic mass is 10.2. The van der Waals surface area contributed by atoms with Gasteiger partial charge >= 0.3 is 6.03 Å². The highest BCUT2D eigenvalue weighted by Crippen LogP contribution is 2.30. The number of carbonyl (C=O) groups is 2. The van der Waals surface area contributed by atoms with E-state index in [1.807, 2.05) is 13.0 Å². The number of aryl methyl sites for hydroxylation is 1. The van der Waals surface area contributed by atoms with E-state index in [1.165, 1.54) is 24.1 Å². The van der Waals surface area contributed by atoms with Gasteiger partial charge in [-0.2, -0.15) is 0 Å². The van der Waals surface area contributed by atoms with Crippen LogP contribution in [0.1, 0.15) is 17.1 Å². The largest absolute Gasteiger partial charge is 0.464 e. The standard InChI is InChI=1S/C25H26Cl2FN3O4/c1-17-6-11-20(35-17)15-31(14-18-7-9-19(28)10-8-18)23(32)16-30(12-13-34-2)25(33)29-24-21(26)4-3-5-22(24)27/h3-11H,12-16H2,1-2H3,(H,29,33). The maximum Gasteiger partial charge on any atom is 0.322 e. The fourth-order valence-corrected chi connectivity index (χ4v) is 3.81. The molecule has 0 unspecified atom stereocenters. The summed E-state index contributed by atoms with van der Waals surface area (Å²) >= 11 is 12.4. The zero-order chi connectivity index (χ0) is 25.4. The maximum atomic E-state index is 13.4. The molecular weight excluding hydrogens is 496 g/mol. The number of benzene rings is 2. The van der Waals surface area contributed by atoms with Crippen molar-refractivity contribution in [2.24, 2.45) is 0 Å². The molecule has 1 N–H and O–H groups in total. The number of ether oxygens (including phenoxy) is 1. The molecule has 1 aromatic heterocycles. The third kappa shape index (κ3) is 7.71. The molecule has 7 nitrogen and oxygen atoms in total. The van der Waals surface area contributed by atoms with Crippen LogP contribution in [0.4, 0.5) is 14.9 Å². The van der Waals surface area contributed by atoms with Gasteiger partial charge in [-0.15, -0.1) is 0 Å². The monoisotopic (exact) mass is 521 g/mol. The zero-order valence-corrected chi connectivity index (χ0v) is 20.9. The summed E-state index contributed by atoms with van der Waals surface area (Å²) < 4.78 is 24.1. The number of methoxy groups -OCH3 is 1. The fraction of sp³-hybridized carbons (Fsp3) is 0.280. The number of furan rings is 1. The van der Waals surface area contributed by atoms with Crippen molar-refractivity contribution in [1.82, 2.24) is 9.80 Å². The van der Waals surface area contributed by atoms with Gasteiger partial charge in [-0.05, 0) is 48.9 Å². The number of carbonyl (C=O) groups excluding carboxylic acids is 2. The average molecular weight is 522 g/mol. The Morgan fingerprint density at radius 3 is 2.29 bits per heavy atom. The fourth-order valence-electron chi connectivity index (χ4n) is 3.32. The Morgan fingerprint density at radius 2 is 1.69 bits per heavy atom. The minimum atomic E-state index is -0.555. The van der Waals surface area contributed by atoms with Crippen LogP contribution in [0.5, 0.6) is 0 Å². The number of nitrogens with one attached hydrogen (secondary N) is 1. The van der Waals surface area contributed by atoms with E-state index in [0.717, 1.165) is 5.56 Å². The third-order valence-electron chi connectivity index (χ3n) is 5.16. The Hall–Kier alpha value is -3.07. The van der Waals surface area contributed by atoms with Gasteiger partial charge in [0.2, 0.25) is 5.91 Å². The van der Waals surface area contributed by atoms with Crippen molar-refractivity contribution < 1.29 is 23.1 Å². The molecule has 0 atom stereocenters. The Labute approximate surface area is 213 Å². The summed E-state index contributed by atoms with van der Waals surface area (Å²) in [7, 11) is 1.50. The Balaban J connectivity index is 1.79. The number of para-hydroxylation sites is 1. The lowest BCUT2D eigenvalue weighted by Crippen LogP contribution is -2.45. The van der Waals surface area contributed by atoms with E-state index in [1.54, 1.807) is 41.3 Å². The van der Waals surface area contributed by atoms with E-state index in [9.17, 15) is 14.0 Å². The molecule has 0 aliphatic heterocycles. The van der Waals surface area contributed by atoms with Crippen molar-refractivity contribution in [1.29, 1.82) is 0 Å². The molecule has 3 rings (SSSR count). The molecular formula is C25H26Cl2FN3O4. The Kier molecular flexibility index (Phi) is 9.54. The first-order valence-corrected chi connectivity index (χ1v) is 11.6. The van der Waals surface area contributed by atoms with Crippen LogP contribution in [-0.2, 0) is 22.6 Å². The molecule has 2 aromatic carbocycles. The van der Waals surface area contributed by atoms with E-state index < -0.39 is 6.03 Å². The van der Waals surface area contributed by atoms with Gasteiger partial charge in [0, 0.05) is 20.2 Å². The normalized spacial score (nSPS) is 10.8. The van der Waals surface area contributed by atoms with E-state index in [2.05, 4.69) is 5.32 Å². The lowest BCUT2D eigenvalue weighted by molar-refractivity contribution is -0.133. The molecule has 1 heterocycles. The van der Waals surface area contributed by atoms with Crippen molar-refractivity contribution in [2.75, 3.05) is 32.1 Å². The summed E-state index contributed by atoms with van der Waals surface area (Å²) in [5, 5.41) is 3.22. The molecule has 0 radical (unpaired) electrons. The van der Waals surface area contributed by atoms with Crippen LogP contribution in [0.15, 0.2) is 59.0 Å². The molecule has 10 heteroatoms. The minimum Gasteiger partial charge on any atom is -0.464 e. The van der Waals surface area contributed by atoms with Gasteiger partial charge in [-0.1, -0.05) is 41.4 Å². The Morgan fingerprint density at radius 1 is 1.00 bits per heavy atom. The predicted octanol–water partition coefficient (Wildman–Crippen LogP) is 5.74. The number of halogens is 3. The number of hydrogen-bond donors (Lipinski definition) is 1. The number of rotatable bonds is 10. The van der Waals surface area contributed by atoms with Gasteiger partial charge < -0.3 is 24.3 Å². The van der Waals surface area contributed by atoms with Crippen LogP contribution in [0.25, 0.3) is 0 Å². The van der Waals surface area contributed by atoms with Crippen LogP contribution in [0.3, 0.4) is 0 Å². The summed E-state index contributed by atoms with van der Waals surface area (Å²) in [5.41, 5.74) is 0.990. The third-order valence-corrected chi connectivity index (χ3v) is 5.79. The molecule has 0 aliphatic rings. The van der Waals surface area contributed by atoms with Gasteiger partial charge in [0.25, 0.3) is 0 Å². The molecule has 0 fully saturated rings. The first kappa shape index (κ1) is 26.5. The van der Waals surface area contributed by atoms with Gasteiger partial charge in [0.05, 0.1) is 28.9 Å². The van der Waals surface area contributed by atoms with Crippen molar-refractivity contribution in [3.05, 3.63) is 87.5 Å². The lowest BCUT2D eigenvalue weighted by Gasteiger charge is -2.27. The SMILES string of the molecule is COCCN(CC(=O)N(Cc1ccc(F)cc1)Cc1ccc(C)o1)C(=O)Nc1c(Cl)cccc1Cl. The highest BCUT2D eigenvalue weighted by atomic mass is 35.5. The molecule has 0 bridgehead atoms. The molecule has 186 valence electrons. The second kappa shape index (κ2) is 12.6. The number of anilines is 1. The summed E-state index contributed by atoms with van der Waals surface area (Å²) in [6.45, 7) is 2.33. The second-order valence-electron chi connectivity index (χ2n) is 7.83. The predicted molar refractivity (Wildman–Crippen MR) is 133 cm³/mol. The van der Waals surface area contributed by atoms with E-state index in [4.69, 9.17) is 32.4 Å². The van der Waals surface area contributed by atoms with Crippen LogP contribution in [-0.4, -0.2) is 48.5 Å². The van der Waals surface area contributed by atoms with Gasteiger partial charge in [0.15, 0.2) is 0 Å². The first-order chi connectivity index (χ1) is 16.8. The number of urea groups is 1. The number of hydrogen-bond acceptors (Lipinski definition) is 4. The van der Waals surface area contributed by atoms with Crippen LogP contribution in [0, 0.1) is 12.7 Å². The summed E-state index contributed by atoms with van der Waals surface area (Å²) in [4.78, 5) is 29.3. The highest BCUT2D eigenvalue weighted by Gasteiger charge is 2.24. The van der Waals surface area contributed by atoms with Crippen LogP contribution < -0.4 is 5.32 Å². The van der Waals surface area contributed by atoms with E-state index in [0.29, 0.717) is 11.5 Å². The van der Waals surface area contributed by atoms with Crippen molar-refractivity contribution in [3.63, 3.8) is 0 Å². The number of amides is 3. The smallest absolute Gasteiger partial charge is 0.322 e. The van der Waals surface area contributed by atoms with E-state index >= 15 is 0 Å². The molecule has 0 aliphatic carbocycles. The highest BCUT2D eigenvalue weighted by molar-refractivity contribution is 6.39. The molecule has 0 spiro atoms. The Bertz CT molecular complexity index is 1130. The van der Waals surface area contributed by atoms with E-state index in [-0.39, 0.29) is 60.2 Å². The summed E-state index contributed by atoms with van der Waals surface area (Å²) in [6.07, 6.45) is 0. The summed E-state index contributed by atoms with van der Waals surface area (Å²) in [5.74, 6) is 0.606. The molecule has 35 heavy (non-hydrogen) atoms. The molecule has 0 saturated heterocycles. The van der Waals surface area contributed by atoms with Crippen LogP contribution in [0.2, 0.25) is 10.0 Å². The van der Waals surface area contributed by atoms with Gasteiger partial charge in [-0.3, -0.25) is 4.79 Å². The molecule has 3 amide bonds. The van der Waals surface area contributed by atoms with Gasteiger partial charge in [-0.25, -0.2) is 9.18 Å². The van der Waals surface area contributed by atoms with Crippen LogP contribution >= 0.6 is 23.2 Å².